The van der Waals surface area contributed by atoms with E-state index in [2.05, 4.69) is 169 Å². The molecule has 0 N–H and O–H groups in total. The van der Waals surface area contributed by atoms with Crippen LogP contribution in [0, 0.1) is 0 Å². The minimum absolute atomic E-state index is 0.860. The van der Waals surface area contributed by atoms with Crippen molar-refractivity contribution >= 4 is 71.7 Å². The molecule has 3 nitrogen and oxygen atoms in total. The fraction of sp³-hybridized carbons (Fsp3) is 0. The topological polar surface area (TPSA) is 29.5 Å². The second-order valence-electron chi connectivity index (χ2n) is 12.5. The van der Waals surface area contributed by atoms with E-state index in [9.17, 15) is 0 Å². The van der Waals surface area contributed by atoms with Crippen LogP contribution in [0.2, 0.25) is 0 Å². The van der Waals surface area contributed by atoms with Gasteiger partial charge in [-0.2, -0.15) is 0 Å². The molecule has 10 aromatic rings. The number of benzene rings is 8. The minimum Gasteiger partial charge on any atom is -0.456 e. The third kappa shape index (κ3) is 4.44. The summed E-state index contributed by atoms with van der Waals surface area (Å²) in [6.45, 7) is 0. The molecule has 230 valence electrons. The maximum atomic E-state index is 6.66. The molecule has 2 heterocycles. The normalized spacial score (nSPS) is 11.7. The van der Waals surface area contributed by atoms with Crippen LogP contribution in [0.5, 0.6) is 0 Å². The minimum atomic E-state index is 0.860. The van der Waals surface area contributed by atoms with Gasteiger partial charge in [0.05, 0.1) is 16.8 Å². The molecule has 0 aliphatic heterocycles. The molecule has 0 amide bonds. The van der Waals surface area contributed by atoms with Gasteiger partial charge < -0.3 is 13.7 Å². The number of anilines is 3. The molecular weight excluding hydrogens is 599 g/mol. The Bertz CT molecular complexity index is 2830. The molecule has 2 aromatic heterocycles. The Balaban J connectivity index is 1.23. The van der Waals surface area contributed by atoms with Gasteiger partial charge in [0.1, 0.15) is 22.3 Å². The zero-order valence-corrected chi connectivity index (χ0v) is 26.5. The molecule has 0 aliphatic rings. The van der Waals surface area contributed by atoms with Gasteiger partial charge in [-0.15, -0.1) is 0 Å². The molecule has 0 saturated heterocycles. The van der Waals surface area contributed by atoms with Crippen molar-refractivity contribution in [3.05, 3.63) is 176 Å². The van der Waals surface area contributed by atoms with Gasteiger partial charge in [0.2, 0.25) is 0 Å². The third-order valence-corrected chi connectivity index (χ3v) is 9.67. The summed E-state index contributed by atoms with van der Waals surface area (Å²) in [6, 6.07) is 62.1. The lowest BCUT2D eigenvalue weighted by molar-refractivity contribution is 0.669. The molecule has 0 bridgehead atoms. The van der Waals surface area contributed by atoms with Gasteiger partial charge >= 0.3 is 0 Å². The maximum absolute atomic E-state index is 6.66. The standard InChI is InChI=1S/C46H29NO2/c1-2-11-30(12-3-1)31-21-25-34(26-22-31)47(41-18-10-20-44-45(41)38-27-23-32-13-4-5-15-36(32)46(38)49-44)40-17-8-6-14-35(40)33-24-28-43-39(29-33)37-16-7-9-19-42(37)48-43/h1-29H. The van der Waals surface area contributed by atoms with Gasteiger partial charge in [0, 0.05) is 32.8 Å². The van der Waals surface area contributed by atoms with Crippen LogP contribution in [-0.2, 0) is 0 Å². The highest BCUT2D eigenvalue weighted by atomic mass is 16.3. The predicted octanol–water partition coefficient (Wildman–Crippen LogP) is 13.4. The summed E-state index contributed by atoms with van der Waals surface area (Å²) in [5.41, 5.74) is 11.4. The Hall–Kier alpha value is -6.58. The van der Waals surface area contributed by atoms with Crippen LogP contribution in [-0.4, -0.2) is 0 Å². The zero-order chi connectivity index (χ0) is 32.3. The molecule has 0 atom stereocenters. The van der Waals surface area contributed by atoms with E-state index in [4.69, 9.17) is 8.83 Å². The van der Waals surface area contributed by atoms with Crippen LogP contribution in [0.3, 0.4) is 0 Å². The van der Waals surface area contributed by atoms with Crippen LogP contribution in [0.1, 0.15) is 0 Å². The van der Waals surface area contributed by atoms with Gasteiger partial charge in [0.25, 0.3) is 0 Å². The Morgan fingerprint density at radius 1 is 0.367 bits per heavy atom. The SMILES string of the molecule is c1ccc(-c2ccc(N(c3ccccc3-c3ccc4oc5ccccc5c4c3)c3cccc4oc5c6ccccc6ccc5c34)cc2)cc1. The summed E-state index contributed by atoms with van der Waals surface area (Å²) in [4.78, 5) is 2.38. The summed E-state index contributed by atoms with van der Waals surface area (Å²) in [6.07, 6.45) is 0. The van der Waals surface area contributed by atoms with Crippen LogP contribution in [0.4, 0.5) is 17.1 Å². The highest BCUT2D eigenvalue weighted by Crippen LogP contribution is 2.47. The molecule has 0 unspecified atom stereocenters. The largest absolute Gasteiger partial charge is 0.456 e. The molecule has 3 heteroatoms. The molecule has 0 saturated carbocycles. The molecule has 49 heavy (non-hydrogen) atoms. The lowest BCUT2D eigenvalue weighted by atomic mass is 9.98. The van der Waals surface area contributed by atoms with E-state index in [0.29, 0.717) is 0 Å². The van der Waals surface area contributed by atoms with Gasteiger partial charge in [-0.3, -0.25) is 0 Å². The number of furan rings is 2. The van der Waals surface area contributed by atoms with E-state index in [1.54, 1.807) is 0 Å². The summed E-state index contributed by atoms with van der Waals surface area (Å²) < 4.78 is 12.9. The van der Waals surface area contributed by atoms with E-state index in [-0.39, 0.29) is 0 Å². The van der Waals surface area contributed by atoms with Crippen molar-refractivity contribution in [2.45, 2.75) is 0 Å². The third-order valence-electron chi connectivity index (χ3n) is 9.67. The Morgan fingerprint density at radius 2 is 1.04 bits per heavy atom. The zero-order valence-electron chi connectivity index (χ0n) is 26.5. The molecule has 0 aliphatic carbocycles. The van der Waals surface area contributed by atoms with E-state index in [0.717, 1.165) is 82.8 Å². The van der Waals surface area contributed by atoms with E-state index in [1.807, 2.05) is 12.1 Å². The first kappa shape index (κ1) is 27.5. The average Bonchev–Trinajstić information content (AvgIpc) is 3.75. The van der Waals surface area contributed by atoms with Gasteiger partial charge in [-0.25, -0.2) is 0 Å². The summed E-state index contributed by atoms with van der Waals surface area (Å²) in [5, 5.41) is 6.68. The second-order valence-corrected chi connectivity index (χ2v) is 12.5. The van der Waals surface area contributed by atoms with Crippen molar-refractivity contribution in [2.75, 3.05) is 4.90 Å². The molecule has 0 fully saturated rings. The van der Waals surface area contributed by atoms with E-state index >= 15 is 0 Å². The van der Waals surface area contributed by atoms with Gasteiger partial charge in [-0.05, 0) is 76.7 Å². The number of para-hydroxylation sites is 2. The van der Waals surface area contributed by atoms with Crippen molar-refractivity contribution in [2.24, 2.45) is 0 Å². The monoisotopic (exact) mass is 627 g/mol. The number of hydrogen-bond acceptors (Lipinski definition) is 3. The van der Waals surface area contributed by atoms with Crippen molar-refractivity contribution in [3.8, 4) is 22.3 Å². The summed E-state index contributed by atoms with van der Waals surface area (Å²) in [7, 11) is 0. The fourth-order valence-electron chi connectivity index (χ4n) is 7.37. The molecule has 0 spiro atoms. The predicted molar refractivity (Wildman–Crippen MR) is 204 cm³/mol. The molecule has 10 rings (SSSR count). The first-order valence-corrected chi connectivity index (χ1v) is 16.6. The quantitative estimate of drug-likeness (QED) is 0.190. The van der Waals surface area contributed by atoms with Crippen molar-refractivity contribution in [1.29, 1.82) is 0 Å². The average molecular weight is 628 g/mol. The Morgan fingerprint density at radius 3 is 1.94 bits per heavy atom. The number of rotatable bonds is 5. The van der Waals surface area contributed by atoms with Gasteiger partial charge in [-0.1, -0.05) is 121 Å². The van der Waals surface area contributed by atoms with Crippen LogP contribution >= 0.6 is 0 Å². The van der Waals surface area contributed by atoms with Crippen molar-refractivity contribution in [3.63, 3.8) is 0 Å². The Kier molecular flexibility index (Phi) is 6.18. The lowest BCUT2D eigenvalue weighted by Crippen LogP contribution is -2.11. The molecular formula is C46H29NO2. The molecule has 8 aromatic carbocycles. The van der Waals surface area contributed by atoms with E-state index < -0.39 is 0 Å². The smallest absolute Gasteiger partial charge is 0.143 e. The van der Waals surface area contributed by atoms with Crippen LogP contribution < -0.4 is 4.90 Å². The second kappa shape index (κ2) is 11.0. The maximum Gasteiger partial charge on any atom is 0.143 e. The highest BCUT2D eigenvalue weighted by molar-refractivity contribution is 6.20. The summed E-state index contributed by atoms with van der Waals surface area (Å²) in [5.74, 6) is 0. The highest BCUT2D eigenvalue weighted by Gasteiger charge is 2.23. The van der Waals surface area contributed by atoms with Crippen molar-refractivity contribution in [1.82, 2.24) is 0 Å². The number of fused-ring (bicyclic) bond motifs is 8. The fourth-order valence-corrected chi connectivity index (χ4v) is 7.37. The number of nitrogens with zero attached hydrogens (tertiary/aromatic N) is 1. The molecule has 0 radical (unpaired) electrons. The van der Waals surface area contributed by atoms with E-state index in [1.165, 1.54) is 11.1 Å². The van der Waals surface area contributed by atoms with Gasteiger partial charge in [0.15, 0.2) is 0 Å². The first-order valence-electron chi connectivity index (χ1n) is 16.6. The number of hydrogen-bond donors (Lipinski definition) is 0. The lowest BCUT2D eigenvalue weighted by Gasteiger charge is -2.28. The van der Waals surface area contributed by atoms with Crippen LogP contribution in [0.25, 0.3) is 76.9 Å². The Labute approximate surface area is 282 Å². The summed E-state index contributed by atoms with van der Waals surface area (Å²) >= 11 is 0. The van der Waals surface area contributed by atoms with Crippen LogP contribution in [0.15, 0.2) is 185 Å². The van der Waals surface area contributed by atoms with Crippen molar-refractivity contribution < 1.29 is 8.83 Å². The first-order chi connectivity index (χ1) is 24.3.